The molecule has 0 bridgehead atoms. The summed E-state index contributed by atoms with van der Waals surface area (Å²) in [6.45, 7) is 0. The smallest absolute Gasteiger partial charge is 0.206 e. The van der Waals surface area contributed by atoms with Gasteiger partial charge in [0.05, 0.1) is 0 Å². The van der Waals surface area contributed by atoms with Gasteiger partial charge in [0.15, 0.2) is 5.13 Å². The number of rotatable bonds is 5. The molecule has 0 aliphatic heterocycles. The summed E-state index contributed by atoms with van der Waals surface area (Å²) in [5.74, 6) is 0.0556. The Kier molecular flexibility index (Phi) is 4.92. The van der Waals surface area contributed by atoms with Crippen LogP contribution in [0.3, 0.4) is 0 Å². The summed E-state index contributed by atoms with van der Waals surface area (Å²) in [4.78, 5) is 19.3. The molecule has 0 aliphatic rings. The van der Waals surface area contributed by atoms with E-state index in [1.165, 1.54) is 11.3 Å². The number of nitrogens with zero attached hydrogens (tertiary/aromatic N) is 2. The van der Waals surface area contributed by atoms with E-state index in [4.69, 9.17) is 17.3 Å². The van der Waals surface area contributed by atoms with Crippen molar-refractivity contribution >= 4 is 51.0 Å². The highest BCUT2D eigenvalue weighted by Gasteiger charge is 2.18. The summed E-state index contributed by atoms with van der Waals surface area (Å²) in [6, 6.07) is 14.6. The molecule has 0 fully saturated rings. The van der Waals surface area contributed by atoms with Gasteiger partial charge < -0.3 is 16.0 Å². The Bertz CT molecular complexity index is 888. The highest BCUT2D eigenvalue weighted by molar-refractivity contribution is 7.18. The topological polar surface area (TPSA) is 71.2 Å². The molecule has 3 N–H and O–H groups in total. The molecular formula is C18H17ClN4OS. The van der Waals surface area contributed by atoms with E-state index in [1.54, 1.807) is 24.3 Å². The summed E-state index contributed by atoms with van der Waals surface area (Å²) in [7, 11) is 3.97. The lowest BCUT2D eigenvalue weighted by Gasteiger charge is -2.12. The fourth-order valence-corrected chi connectivity index (χ4v) is 3.24. The van der Waals surface area contributed by atoms with Crippen LogP contribution >= 0.6 is 22.9 Å². The molecule has 0 amide bonds. The van der Waals surface area contributed by atoms with Crippen LogP contribution in [-0.4, -0.2) is 24.9 Å². The number of aromatic nitrogens is 1. The van der Waals surface area contributed by atoms with E-state index in [0.717, 1.165) is 11.4 Å². The zero-order valence-corrected chi connectivity index (χ0v) is 15.4. The molecule has 2 aromatic carbocycles. The number of carbonyl (C=O) groups excluding carboxylic acids is 1. The third-order valence-electron chi connectivity index (χ3n) is 3.60. The van der Waals surface area contributed by atoms with E-state index in [1.807, 2.05) is 43.3 Å². The van der Waals surface area contributed by atoms with Gasteiger partial charge >= 0.3 is 0 Å². The first-order chi connectivity index (χ1) is 11.9. The molecule has 0 atom stereocenters. The Labute approximate surface area is 155 Å². The SMILES string of the molecule is CN(C)c1ccc(Nc2nc(N)c(C(=O)c3ccc(Cl)cc3)s2)cc1. The van der Waals surface area contributed by atoms with Crippen molar-refractivity contribution in [3.63, 3.8) is 0 Å². The minimum atomic E-state index is -0.164. The Morgan fingerprint density at radius 1 is 1.12 bits per heavy atom. The zero-order valence-electron chi connectivity index (χ0n) is 13.8. The van der Waals surface area contributed by atoms with Crippen molar-refractivity contribution in [2.45, 2.75) is 0 Å². The van der Waals surface area contributed by atoms with Gasteiger partial charge in [0, 0.05) is 36.1 Å². The second-order valence-electron chi connectivity index (χ2n) is 5.64. The molecule has 5 nitrogen and oxygen atoms in total. The molecule has 0 radical (unpaired) electrons. The quantitative estimate of drug-likeness (QED) is 0.649. The monoisotopic (exact) mass is 372 g/mol. The summed E-state index contributed by atoms with van der Waals surface area (Å²) < 4.78 is 0. The molecule has 3 rings (SSSR count). The van der Waals surface area contributed by atoms with Crippen LogP contribution in [0.4, 0.5) is 22.3 Å². The number of hydrogen-bond donors (Lipinski definition) is 2. The molecule has 1 heterocycles. The normalized spacial score (nSPS) is 10.5. The van der Waals surface area contributed by atoms with Crippen molar-refractivity contribution in [3.8, 4) is 0 Å². The van der Waals surface area contributed by atoms with Crippen LogP contribution in [0.2, 0.25) is 5.02 Å². The molecule has 128 valence electrons. The van der Waals surface area contributed by atoms with E-state index in [-0.39, 0.29) is 11.6 Å². The van der Waals surface area contributed by atoms with Crippen LogP contribution in [0.1, 0.15) is 15.2 Å². The first-order valence-electron chi connectivity index (χ1n) is 7.55. The van der Waals surface area contributed by atoms with Gasteiger partial charge in [0.1, 0.15) is 10.7 Å². The maximum atomic E-state index is 12.6. The Balaban J connectivity index is 1.80. The highest BCUT2D eigenvalue weighted by atomic mass is 35.5. The number of halogens is 1. The number of ketones is 1. The van der Waals surface area contributed by atoms with Crippen molar-refractivity contribution in [3.05, 3.63) is 64.0 Å². The van der Waals surface area contributed by atoms with E-state index in [0.29, 0.717) is 20.6 Å². The average molecular weight is 373 g/mol. The van der Waals surface area contributed by atoms with Gasteiger partial charge in [0.2, 0.25) is 5.78 Å². The van der Waals surface area contributed by atoms with Crippen molar-refractivity contribution in [1.29, 1.82) is 0 Å². The molecular weight excluding hydrogens is 356 g/mol. The maximum absolute atomic E-state index is 12.6. The molecule has 0 spiro atoms. The fourth-order valence-electron chi connectivity index (χ4n) is 2.25. The lowest BCUT2D eigenvalue weighted by atomic mass is 10.1. The predicted molar refractivity (Wildman–Crippen MR) is 105 cm³/mol. The number of nitrogen functional groups attached to an aromatic ring is 1. The summed E-state index contributed by atoms with van der Waals surface area (Å²) in [5, 5.41) is 4.34. The van der Waals surface area contributed by atoms with Crippen LogP contribution in [0.15, 0.2) is 48.5 Å². The largest absolute Gasteiger partial charge is 0.382 e. The summed E-state index contributed by atoms with van der Waals surface area (Å²) >= 11 is 7.09. The molecule has 1 aromatic heterocycles. The number of thiazole rings is 1. The second kappa shape index (κ2) is 7.13. The van der Waals surface area contributed by atoms with Crippen LogP contribution in [0.5, 0.6) is 0 Å². The van der Waals surface area contributed by atoms with Crippen LogP contribution in [0.25, 0.3) is 0 Å². The highest BCUT2D eigenvalue weighted by Crippen LogP contribution is 2.30. The second-order valence-corrected chi connectivity index (χ2v) is 7.07. The number of anilines is 4. The van der Waals surface area contributed by atoms with Crippen LogP contribution < -0.4 is 16.0 Å². The van der Waals surface area contributed by atoms with E-state index < -0.39 is 0 Å². The first kappa shape index (κ1) is 17.3. The van der Waals surface area contributed by atoms with Gasteiger partial charge in [-0.05, 0) is 48.5 Å². The van der Waals surface area contributed by atoms with Crippen LogP contribution in [0, 0.1) is 0 Å². The van der Waals surface area contributed by atoms with Crippen molar-refractivity contribution < 1.29 is 4.79 Å². The van der Waals surface area contributed by atoms with Crippen molar-refractivity contribution in [2.24, 2.45) is 0 Å². The number of nitrogens with two attached hydrogens (primary N) is 1. The van der Waals surface area contributed by atoms with E-state index in [2.05, 4.69) is 10.3 Å². The number of hydrogen-bond acceptors (Lipinski definition) is 6. The Morgan fingerprint density at radius 3 is 2.36 bits per heavy atom. The number of carbonyl (C=O) groups is 1. The fraction of sp³-hybridized carbons (Fsp3) is 0.111. The summed E-state index contributed by atoms with van der Waals surface area (Å²) in [5.41, 5.74) is 8.44. The molecule has 0 unspecified atom stereocenters. The standard InChI is InChI=1S/C18H17ClN4OS/c1-23(2)14-9-7-13(8-10-14)21-18-22-17(20)16(25-18)15(24)11-3-5-12(19)6-4-11/h3-10H,20H2,1-2H3,(H,21,22). The molecule has 0 saturated carbocycles. The number of nitrogens with one attached hydrogen (secondary N) is 1. The first-order valence-corrected chi connectivity index (χ1v) is 8.74. The van der Waals surface area contributed by atoms with Crippen LogP contribution in [-0.2, 0) is 0 Å². The molecule has 7 heteroatoms. The van der Waals surface area contributed by atoms with Gasteiger partial charge in [-0.2, -0.15) is 0 Å². The minimum absolute atomic E-state index is 0.164. The van der Waals surface area contributed by atoms with Crippen molar-refractivity contribution in [2.75, 3.05) is 30.0 Å². The summed E-state index contributed by atoms with van der Waals surface area (Å²) in [6.07, 6.45) is 0. The predicted octanol–water partition coefficient (Wildman–Crippen LogP) is 4.42. The third-order valence-corrected chi connectivity index (χ3v) is 4.84. The van der Waals surface area contributed by atoms with Gasteiger partial charge in [-0.1, -0.05) is 22.9 Å². The maximum Gasteiger partial charge on any atom is 0.206 e. The Morgan fingerprint density at radius 2 is 1.76 bits per heavy atom. The molecule has 0 saturated heterocycles. The van der Waals surface area contributed by atoms with Gasteiger partial charge in [0.25, 0.3) is 0 Å². The van der Waals surface area contributed by atoms with E-state index in [9.17, 15) is 4.79 Å². The van der Waals surface area contributed by atoms with E-state index >= 15 is 0 Å². The minimum Gasteiger partial charge on any atom is -0.382 e. The lowest BCUT2D eigenvalue weighted by molar-refractivity contribution is 0.104. The zero-order chi connectivity index (χ0) is 18.0. The molecule has 3 aromatic rings. The molecule has 25 heavy (non-hydrogen) atoms. The third kappa shape index (κ3) is 3.92. The van der Waals surface area contributed by atoms with Crippen molar-refractivity contribution in [1.82, 2.24) is 4.98 Å². The lowest BCUT2D eigenvalue weighted by Crippen LogP contribution is -2.08. The number of benzene rings is 2. The molecule has 0 aliphatic carbocycles. The Hall–Kier alpha value is -2.57. The van der Waals surface area contributed by atoms with Gasteiger partial charge in [-0.15, -0.1) is 0 Å². The van der Waals surface area contributed by atoms with Gasteiger partial charge in [-0.3, -0.25) is 4.79 Å². The van der Waals surface area contributed by atoms with Gasteiger partial charge in [-0.25, -0.2) is 4.98 Å². The average Bonchev–Trinajstić information content (AvgIpc) is 2.95.